The van der Waals surface area contributed by atoms with E-state index in [9.17, 15) is 10.1 Å². The van der Waals surface area contributed by atoms with Gasteiger partial charge in [0.05, 0.1) is 12.0 Å². The minimum Gasteiger partial charge on any atom is -0.497 e. The van der Waals surface area contributed by atoms with Crippen molar-refractivity contribution in [2.45, 2.75) is 0 Å². The van der Waals surface area contributed by atoms with Crippen molar-refractivity contribution in [2.24, 2.45) is 0 Å². The summed E-state index contributed by atoms with van der Waals surface area (Å²) in [6.07, 6.45) is 0. The first-order valence-corrected chi connectivity index (χ1v) is 6.20. The highest BCUT2D eigenvalue weighted by molar-refractivity contribution is 14.1. The fourth-order valence-electron chi connectivity index (χ4n) is 1.12. The molecule has 2 aromatic rings. The minimum absolute atomic E-state index is 0.0748. The molecule has 2 aromatic carbocycles. The summed E-state index contributed by atoms with van der Waals surface area (Å²) in [5.41, 5.74) is 0.0748. The van der Waals surface area contributed by atoms with Crippen LogP contribution in [-0.2, 0) is 0 Å². The fraction of sp³-hybridized carbons (Fsp3) is 0.0769. The molecule has 4 nitrogen and oxygen atoms in total. The lowest BCUT2D eigenvalue weighted by Crippen LogP contribution is -1.87. The summed E-state index contributed by atoms with van der Waals surface area (Å²) in [5.74, 6) is 0.621. The SMILES string of the molecule is COc1ccc([N+](=O)[O-])cc1.Ic1ccccc1. The fourth-order valence-corrected chi connectivity index (χ4v) is 1.53. The summed E-state index contributed by atoms with van der Waals surface area (Å²) in [5, 5.41) is 10.2. The third-order valence-corrected chi connectivity index (χ3v) is 2.74. The second kappa shape index (κ2) is 7.65. The number of non-ortho nitro benzene ring substituents is 1. The highest BCUT2D eigenvalue weighted by atomic mass is 127. The molecule has 0 unspecified atom stereocenters. The molecule has 0 spiro atoms. The van der Waals surface area contributed by atoms with Gasteiger partial charge in [-0.25, -0.2) is 0 Å². The van der Waals surface area contributed by atoms with Crippen molar-refractivity contribution in [3.63, 3.8) is 0 Å². The lowest BCUT2D eigenvalue weighted by molar-refractivity contribution is -0.384. The second-order valence-corrected chi connectivity index (χ2v) is 4.50. The van der Waals surface area contributed by atoms with E-state index in [2.05, 4.69) is 34.7 Å². The molecule has 0 saturated heterocycles. The van der Waals surface area contributed by atoms with Crippen molar-refractivity contribution >= 4 is 28.3 Å². The summed E-state index contributed by atoms with van der Waals surface area (Å²) in [4.78, 5) is 9.72. The van der Waals surface area contributed by atoms with Crippen LogP contribution in [-0.4, -0.2) is 12.0 Å². The Balaban J connectivity index is 0.000000199. The zero-order chi connectivity index (χ0) is 13.4. The second-order valence-electron chi connectivity index (χ2n) is 3.25. The van der Waals surface area contributed by atoms with Gasteiger partial charge in [0, 0.05) is 15.7 Å². The summed E-state index contributed by atoms with van der Waals surface area (Å²) < 4.78 is 6.12. The predicted octanol–water partition coefficient (Wildman–Crippen LogP) is 3.89. The third kappa shape index (κ3) is 5.13. The summed E-state index contributed by atoms with van der Waals surface area (Å²) in [6, 6.07) is 16.1. The number of methoxy groups -OCH3 is 1. The maximum Gasteiger partial charge on any atom is 0.269 e. The van der Waals surface area contributed by atoms with E-state index in [4.69, 9.17) is 4.74 Å². The van der Waals surface area contributed by atoms with Crippen LogP contribution in [0, 0.1) is 13.7 Å². The molecule has 5 heteroatoms. The molecule has 0 aromatic heterocycles. The van der Waals surface area contributed by atoms with E-state index in [0.29, 0.717) is 5.75 Å². The normalized spacial score (nSPS) is 9.00. The first kappa shape index (κ1) is 14.4. The molecule has 2 rings (SSSR count). The molecule has 0 aliphatic heterocycles. The standard InChI is InChI=1S/C7H7NO3.C6H5I/c1-11-7-4-2-6(3-5-7)8(9)10;7-6-4-2-1-3-5-6/h2-5H,1H3;1-5H. The van der Waals surface area contributed by atoms with Gasteiger partial charge in [-0.2, -0.15) is 0 Å². The van der Waals surface area contributed by atoms with Crippen LogP contribution < -0.4 is 4.74 Å². The zero-order valence-corrected chi connectivity index (χ0v) is 11.9. The number of nitrogens with zero attached hydrogens (tertiary/aromatic N) is 1. The Morgan fingerprint density at radius 2 is 1.61 bits per heavy atom. The molecule has 0 amide bonds. The van der Waals surface area contributed by atoms with E-state index in [0.717, 1.165) is 0 Å². The molecule has 0 atom stereocenters. The van der Waals surface area contributed by atoms with Crippen LogP contribution in [0.1, 0.15) is 0 Å². The minimum atomic E-state index is -0.445. The van der Waals surface area contributed by atoms with Crippen molar-refractivity contribution in [2.75, 3.05) is 7.11 Å². The van der Waals surface area contributed by atoms with Gasteiger partial charge in [-0.05, 0) is 46.9 Å². The van der Waals surface area contributed by atoms with Gasteiger partial charge in [-0.3, -0.25) is 10.1 Å². The third-order valence-electron chi connectivity index (χ3n) is 2.02. The van der Waals surface area contributed by atoms with Gasteiger partial charge in [-0.15, -0.1) is 0 Å². The van der Waals surface area contributed by atoms with Crippen molar-refractivity contribution in [1.82, 2.24) is 0 Å². The van der Waals surface area contributed by atoms with E-state index in [1.165, 1.54) is 22.8 Å². The Morgan fingerprint density at radius 1 is 1.06 bits per heavy atom. The number of ether oxygens (including phenoxy) is 1. The van der Waals surface area contributed by atoms with E-state index < -0.39 is 4.92 Å². The number of hydrogen-bond acceptors (Lipinski definition) is 3. The van der Waals surface area contributed by atoms with Crippen LogP contribution in [0.4, 0.5) is 5.69 Å². The van der Waals surface area contributed by atoms with Crippen LogP contribution in [0.2, 0.25) is 0 Å². The summed E-state index contributed by atoms with van der Waals surface area (Å²) >= 11 is 2.28. The maximum atomic E-state index is 10.2. The van der Waals surface area contributed by atoms with Gasteiger partial charge < -0.3 is 4.74 Å². The van der Waals surface area contributed by atoms with Crippen LogP contribution in [0.5, 0.6) is 5.75 Å². The maximum absolute atomic E-state index is 10.2. The molecule has 0 radical (unpaired) electrons. The number of hydrogen-bond donors (Lipinski definition) is 0. The van der Waals surface area contributed by atoms with Gasteiger partial charge in [0.15, 0.2) is 0 Å². The van der Waals surface area contributed by atoms with Crippen molar-refractivity contribution in [3.05, 3.63) is 68.3 Å². The Labute approximate surface area is 119 Å². The molecule has 0 aliphatic rings. The largest absolute Gasteiger partial charge is 0.497 e. The monoisotopic (exact) mass is 357 g/mol. The molecule has 18 heavy (non-hydrogen) atoms. The van der Waals surface area contributed by atoms with Gasteiger partial charge in [0.1, 0.15) is 5.75 Å². The van der Waals surface area contributed by atoms with Gasteiger partial charge in [0.25, 0.3) is 5.69 Å². The smallest absolute Gasteiger partial charge is 0.269 e. The Bertz CT molecular complexity index is 485. The average Bonchev–Trinajstić information content (AvgIpc) is 2.40. The van der Waals surface area contributed by atoms with E-state index in [1.807, 2.05) is 18.2 Å². The number of halogens is 1. The van der Waals surface area contributed by atoms with Crippen LogP contribution >= 0.6 is 22.6 Å². The first-order chi connectivity index (χ1) is 8.63. The van der Waals surface area contributed by atoms with Gasteiger partial charge in [-0.1, -0.05) is 18.2 Å². The topological polar surface area (TPSA) is 52.4 Å². The highest BCUT2D eigenvalue weighted by Crippen LogP contribution is 2.16. The van der Waals surface area contributed by atoms with Crippen LogP contribution in [0.15, 0.2) is 54.6 Å². The lowest BCUT2D eigenvalue weighted by Gasteiger charge is -1.96. The van der Waals surface area contributed by atoms with Crippen molar-refractivity contribution < 1.29 is 9.66 Å². The quantitative estimate of drug-likeness (QED) is 0.466. The Kier molecular flexibility index (Phi) is 6.13. The van der Waals surface area contributed by atoms with Gasteiger partial charge >= 0.3 is 0 Å². The number of nitro groups is 1. The zero-order valence-electron chi connectivity index (χ0n) is 9.75. The molecule has 0 aliphatic carbocycles. The van der Waals surface area contributed by atoms with Crippen LogP contribution in [0.25, 0.3) is 0 Å². The number of rotatable bonds is 2. The molecule has 0 saturated carbocycles. The Hall–Kier alpha value is -1.63. The number of nitro benzene ring substituents is 1. The first-order valence-electron chi connectivity index (χ1n) is 5.12. The van der Waals surface area contributed by atoms with E-state index >= 15 is 0 Å². The lowest BCUT2D eigenvalue weighted by atomic mass is 10.3. The number of benzene rings is 2. The van der Waals surface area contributed by atoms with Gasteiger partial charge in [0.2, 0.25) is 0 Å². The summed E-state index contributed by atoms with van der Waals surface area (Å²) in [7, 11) is 1.52. The van der Waals surface area contributed by atoms with Crippen molar-refractivity contribution in [3.8, 4) is 5.75 Å². The van der Waals surface area contributed by atoms with E-state index in [1.54, 1.807) is 12.1 Å². The molecule has 0 fully saturated rings. The molecular weight excluding hydrogens is 345 g/mol. The van der Waals surface area contributed by atoms with Crippen molar-refractivity contribution in [1.29, 1.82) is 0 Å². The molecule has 0 N–H and O–H groups in total. The Morgan fingerprint density at radius 3 is 1.94 bits per heavy atom. The highest BCUT2D eigenvalue weighted by Gasteiger charge is 2.02. The average molecular weight is 357 g/mol. The summed E-state index contributed by atoms with van der Waals surface area (Å²) in [6.45, 7) is 0. The molecule has 0 bridgehead atoms. The molecule has 0 heterocycles. The molecule has 94 valence electrons. The molecular formula is C13H12INO3. The van der Waals surface area contributed by atoms with E-state index in [-0.39, 0.29) is 5.69 Å². The van der Waals surface area contributed by atoms with Crippen LogP contribution in [0.3, 0.4) is 0 Å². The predicted molar refractivity (Wildman–Crippen MR) is 78.8 cm³/mol.